The van der Waals surface area contributed by atoms with E-state index in [2.05, 4.69) is 9.62 Å². The van der Waals surface area contributed by atoms with Crippen LogP contribution >= 0.6 is 0 Å². The molecule has 1 aromatic carbocycles. The first kappa shape index (κ1) is 16.4. The molecule has 1 heterocycles. The smallest absolute Gasteiger partial charge is 0.243 e. The van der Waals surface area contributed by atoms with Crippen molar-refractivity contribution in [1.82, 2.24) is 9.62 Å². The molecule has 2 rings (SSSR count). The molecule has 21 heavy (non-hydrogen) atoms. The number of aliphatic hydroxyl groups excluding tert-OH is 1. The monoisotopic (exact) mass is 316 g/mol. The maximum atomic E-state index is 13.7. The van der Waals surface area contributed by atoms with Gasteiger partial charge in [-0.15, -0.1) is 0 Å². The lowest BCUT2D eigenvalue weighted by molar-refractivity contribution is 0.187. The van der Waals surface area contributed by atoms with Gasteiger partial charge in [-0.25, -0.2) is 17.5 Å². The van der Waals surface area contributed by atoms with E-state index in [0.717, 1.165) is 31.9 Å². The van der Waals surface area contributed by atoms with E-state index >= 15 is 0 Å². The quantitative estimate of drug-likeness (QED) is 0.853. The van der Waals surface area contributed by atoms with E-state index in [4.69, 9.17) is 5.11 Å². The summed E-state index contributed by atoms with van der Waals surface area (Å²) in [6.45, 7) is 0.885. The minimum atomic E-state index is -3.91. The van der Waals surface area contributed by atoms with Crippen LogP contribution in [0.15, 0.2) is 23.1 Å². The van der Waals surface area contributed by atoms with Crippen LogP contribution in [0.4, 0.5) is 4.39 Å². The molecule has 0 amide bonds. The van der Waals surface area contributed by atoms with Gasteiger partial charge in [-0.05, 0) is 44.1 Å². The van der Waals surface area contributed by atoms with Crippen LogP contribution in [0.2, 0.25) is 0 Å². The van der Waals surface area contributed by atoms with Crippen LogP contribution in [0.5, 0.6) is 0 Å². The van der Waals surface area contributed by atoms with Gasteiger partial charge in [-0.1, -0.05) is 12.5 Å². The summed E-state index contributed by atoms with van der Waals surface area (Å²) < 4.78 is 40.6. The molecule has 1 fully saturated rings. The number of piperidine rings is 1. The molecule has 1 aliphatic heterocycles. The molecule has 2 N–H and O–H groups in total. The van der Waals surface area contributed by atoms with Crippen LogP contribution in [0.25, 0.3) is 0 Å². The van der Waals surface area contributed by atoms with Crippen molar-refractivity contribution in [2.24, 2.45) is 0 Å². The van der Waals surface area contributed by atoms with Crippen molar-refractivity contribution >= 4 is 10.0 Å². The van der Waals surface area contributed by atoms with Crippen LogP contribution < -0.4 is 4.72 Å². The summed E-state index contributed by atoms with van der Waals surface area (Å²) in [5, 5.41) is 9.04. The third-order valence-electron chi connectivity index (χ3n) is 3.90. The van der Waals surface area contributed by atoms with Crippen LogP contribution in [0.3, 0.4) is 0 Å². The third kappa shape index (κ3) is 4.00. The summed E-state index contributed by atoms with van der Waals surface area (Å²) in [4.78, 5) is 1.71. The van der Waals surface area contributed by atoms with Gasteiger partial charge < -0.3 is 10.0 Å². The number of halogens is 1. The number of likely N-dealkylation sites (N-methyl/N-ethyl adjacent to an activating group) is 1. The molecule has 0 aromatic heterocycles. The van der Waals surface area contributed by atoms with E-state index < -0.39 is 20.7 Å². The molecule has 0 spiro atoms. The average Bonchev–Trinajstić information content (AvgIpc) is 2.47. The predicted molar refractivity (Wildman–Crippen MR) is 77.8 cm³/mol. The summed E-state index contributed by atoms with van der Waals surface area (Å²) in [6.07, 6.45) is 3.12. The zero-order valence-corrected chi connectivity index (χ0v) is 12.9. The molecule has 1 aliphatic rings. The highest BCUT2D eigenvalue weighted by atomic mass is 32.2. The van der Waals surface area contributed by atoms with Gasteiger partial charge >= 0.3 is 0 Å². The number of likely N-dealkylation sites (tertiary alicyclic amines) is 1. The Labute approximate surface area is 124 Å². The van der Waals surface area contributed by atoms with Crippen molar-refractivity contribution in [3.05, 3.63) is 29.6 Å². The van der Waals surface area contributed by atoms with Gasteiger partial charge in [0.15, 0.2) is 0 Å². The fourth-order valence-corrected chi connectivity index (χ4v) is 3.74. The number of nitrogens with zero attached hydrogens (tertiary/aromatic N) is 1. The highest BCUT2D eigenvalue weighted by Gasteiger charge is 2.24. The Kier molecular flexibility index (Phi) is 5.32. The molecule has 0 saturated carbocycles. The minimum absolute atomic E-state index is 0.137. The molecule has 0 aliphatic carbocycles. The van der Waals surface area contributed by atoms with E-state index in [0.29, 0.717) is 5.56 Å². The fraction of sp³-hybridized carbons (Fsp3) is 0.571. The van der Waals surface area contributed by atoms with E-state index in [1.807, 2.05) is 7.05 Å². The first-order valence-electron chi connectivity index (χ1n) is 7.03. The molecular formula is C14H21FN2O3S. The number of hydrogen-bond acceptors (Lipinski definition) is 4. The molecule has 0 radical (unpaired) electrons. The first-order chi connectivity index (χ1) is 9.94. The normalized spacial score (nSPS) is 20.6. The van der Waals surface area contributed by atoms with Crippen LogP contribution in [0.1, 0.15) is 24.8 Å². The largest absolute Gasteiger partial charge is 0.392 e. The minimum Gasteiger partial charge on any atom is -0.392 e. The van der Waals surface area contributed by atoms with Gasteiger partial charge in [-0.2, -0.15) is 0 Å². The van der Waals surface area contributed by atoms with Gasteiger partial charge in [0, 0.05) is 12.6 Å². The SMILES string of the molecule is CN1CCCCC1CNS(=O)(=O)c1cc(CO)ccc1F. The summed E-state index contributed by atoms with van der Waals surface area (Å²) in [5.74, 6) is -0.809. The highest BCUT2D eigenvalue weighted by molar-refractivity contribution is 7.89. The number of rotatable bonds is 5. The van der Waals surface area contributed by atoms with Crippen molar-refractivity contribution in [3.8, 4) is 0 Å². The number of hydrogen-bond donors (Lipinski definition) is 2. The zero-order chi connectivity index (χ0) is 15.5. The Hall–Kier alpha value is -1.02. The van der Waals surface area contributed by atoms with Crippen molar-refractivity contribution in [2.45, 2.75) is 36.8 Å². The Morgan fingerprint density at radius 3 is 2.86 bits per heavy atom. The summed E-state index contributed by atoms with van der Waals surface area (Å²) in [6, 6.07) is 3.73. The molecule has 118 valence electrons. The lowest BCUT2D eigenvalue weighted by atomic mass is 10.0. The number of sulfonamides is 1. The molecule has 7 heteroatoms. The van der Waals surface area contributed by atoms with Gasteiger partial charge in [0.1, 0.15) is 10.7 Å². The van der Waals surface area contributed by atoms with Crippen molar-refractivity contribution < 1.29 is 17.9 Å². The maximum Gasteiger partial charge on any atom is 0.243 e. The predicted octanol–water partition coefficient (Wildman–Crippen LogP) is 1.08. The highest BCUT2D eigenvalue weighted by Crippen LogP contribution is 2.18. The Bertz CT molecular complexity index is 592. The van der Waals surface area contributed by atoms with Crippen molar-refractivity contribution in [2.75, 3.05) is 20.1 Å². The molecular weight excluding hydrogens is 295 g/mol. The van der Waals surface area contributed by atoms with E-state index in [9.17, 15) is 12.8 Å². The zero-order valence-electron chi connectivity index (χ0n) is 12.0. The van der Waals surface area contributed by atoms with Crippen LogP contribution in [-0.4, -0.2) is 44.6 Å². The van der Waals surface area contributed by atoms with Crippen LogP contribution in [-0.2, 0) is 16.6 Å². The van der Waals surface area contributed by atoms with Gasteiger partial charge in [0.2, 0.25) is 10.0 Å². The third-order valence-corrected chi connectivity index (χ3v) is 5.34. The molecule has 1 aromatic rings. The molecule has 0 bridgehead atoms. The summed E-state index contributed by atoms with van der Waals surface area (Å²) >= 11 is 0. The van der Waals surface area contributed by atoms with E-state index in [-0.39, 0.29) is 19.2 Å². The van der Waals surface area contributed by atoms with Gasteiger partial charge in [-0.3, -0.25) is 0 Å². The van der Waals surface area contributed by atoms with E-state index in [1.54, 1.807) is 0 Å². The molecule has 5 nitrogen and oxygen atoms in total. The lowest BCUT2D eigenvalue weighted by Gasteiger charge is -2.32. The molecule has 1 unspecified atom stereocenters. The second-order valence-corrected chi connectivity index (χ2v) is 7.14. The number of aliphatic hydroxyl groups is 1. The maximum absolute atomic E-state index is 13.7. The lowest BCUT2D eigenvalue weighted by Crippen LogP contribution is -2.44. The van der Waals surface area contributed by atoms with Crippen molar-refractivity contribution in [3.63, 3.8) is 0 Å². The fourth-order valence-electron chi connectivity index (χ4n) is 2.54. The van der Waals surface area contributed by atoms with Crippen molar-refractivity contribution in [1.29, 1.82) is 0 Å². The molecule has 1 atom stereocenters. The second kappa shape index (κ2) is 6.83. The first-order valence-corrected chi connectivity index (χ1v) is 8.51. The van der Waals surface area contributed by atoms with Gasteiger partial charge in [0.05, 0.1) is 6.61 Å². The summed E-state index contributed by atoms with van der Waals surface area (Å²) in [5.41, 5.74) is 0.367. The number of benzene rings is 1. The van der Waals surface area contributed by atoms with Crippen LogP contribution in [0, 0.1) is 5.82 Å². The Morgan fingerprint density at radius 1 is 1.43 bits per heavy atom. The number of nitrogens with one attached hydrogen (secondary N) is 1. The topological polar surface area (TPSA) is 69.6 Å². The second-order valence-electron chi connectivity index (χ2n) is 5.40. The standard InChI is InChI=1S/C14H21FN2O3S/c1-17-7-3-2-4-12(17)9-16-21(19,20)14-8-11(10-18)5-6-13(14)15/h5-6,8,12,16,18H,2-4,7,9-10H2,1H3. The molecule has 1 saturated heterocycles. The Morgan fingerprint density at radius 2 is 2.19 bits per heavy atom. The van der Waals surface area contributed by atoms with Gasteiger partial charge in [0.25, 0.3) is 0 Å². The summed E-state index contributed by atoms with van der Waals surface area (Å²) in [7, 11) is -1.95. The average molecular weight is 316 g/mol. The van der Waals surface area contributed by atoms with E-state index in [1.165, 1.54) is 12.1 Å². The Balaban J connectivity index is 2.11.